The van der Waals surface area contributed by atoms with Crippen LogP contribution in [0.3, 0.4) is 0 Å². The molecule has 2 atom stereocenters. The van der Waals surface area contributed by atoms with Gasteiger partial charge in [0.25, 0.3) is 0 Å². The monoisotopic (exact) mass is 268 g/mol. The molecule has 5 heteroatoms. The van der Waals surface area contributed by atoms with Crippen molar-refractivity contribution in [2.75, 3.05) is 0 Å². The molecular formula is C14H24N2O3. The lowest BCUT2D eigenvalue weighted by atomic mass is 9.94. The van der Waals surface area contributed by atoms with Gasteiger partial charge in [0, 0.05) is 6.42 Å². The Morgan fingerprint density at radius 2 is 1.79 bits per heavy atom. The Morgan fingerprint density at radius 3 is 2.16 bits per heavy atom. The number of nitrogens with one attached hydrogen (secondary N) is 1. The molecule has 0 aromatic rings. The Morgan fingerprint density at radius 1 is 1.26 bits per heavy atom. The summed E-state index contributed by atoms with van der Waals surface area (Å²) >= 11 is 0. The number of nitriles is 1. The molecule has 0 aliphatic carbocycles. The molecule has 0 aliphatic heterocycles. The van der Waals surface area contributed by atoms with Crippen LogP contribution in [-0.2, 0) is 9.53 Å². The highest BCUT2D eigenvalue weighted by atomic mass is 16.6. The van der Waals surface area contributed by atoms with E-state index in [2.05, 4.69) is 5.32 Å². The van der Waals surface area contributed by atoms with Crippen LogP contribution in [0.2, 0.25) is 0 Å². The van der Waals surface area contributed by atoms with Crippen molar-refractivity contribution in [2.24, 2.45) is 11.8 Å². The Labute approximate surface area is 115 Å². The zero-order valence-electron chi connectivity index (χ0n) is 12.6. The summed E-state index contributed by atoms with van der Waals surface area (Å²) in [5.41, 5.74) is -0.603. The van der Waals surface area contributed by atoms with Crippen molar-refractivity contribution < 1.29 is 14.3 Å². The predicted octanol–water partition coefficient (Wildman–Crippen LogP) is 2.65. The molecule has 19 heavy (non-hydrogen) atoms. The van der Waals surface area contributed by atoms with Gasteiger partial charge in [-0.05, 0) is 33.6 Å². The van der Waals surface area contributed by atoms with Gasteiger partial charge in [0.05, 0.1) is 18.0 Å². The zero-order valence-corrected chi connectivity index (χ0v) is 12.6. The van der Waals surface area contributed by atoms with Crippen LogP contribution in [0.15, 0.2) is 0 Å². The maximum absolute atomic E-state index is 12.0. The molecular weight excluding hydrogens is 244 g/mol. The molecule has 0 fully saturated rings. The lowest BCUT2D eigenvalue weighted by Gasteiger charge is -2.25. The van der Waals surface area contributed by atoms with Gasteiger partial charge < -0.3 is 10.1 Å². The average Bonchev–Trinajstić information content (AvgIpc) is 2.22. The predicted molar refractivity (Wildman–Crippen MR) is 72.4 cm³/mol. The van der Waals surface area contributed by atoms with Gasteiger partial charge in [-0.2, -0.15) is 5.26 Å². The first-order valence-electron chi connectivity index (χ1n) is 6.48. The minimum absolute atomic E-state index is 0.0501. The van der Waals surface area contributed by atoms with Crippen LogP contribution in [-0.4, -0.2) is 23.5 Å². The number of carbonyl (C=O) groups is 2. The number of hydrogen-bond donors (Lipinski definition) is 1. The molecule has 108 valence electrons. The van der Waals surface area contributed by atoms with Crippen LogP contribution in [0, 0.1) is 23.2 Å². The lowest BCUT2D eigenvalue weighted by molar-refractivity contribution is -0.122. The average molecular weight is 268 g/mol. The van der Waals surface area contributed by atoms with Crippen molar-refractivity contribution in [1.82, 2.24) is 5.32 Å². The highest BCUT2D eigenvalue weighted by molar-refractivity contribution is 5.88. The number of alkyl carbamates (subject to hydrolysis) is 1. The van der Waals surface area contributed by atoms with E-state index in [0.29, 0.717) is 0 Å². The van der Waals surface area contributed by atoms with Gasteiger partial charge in [0.2, 0.25) is 0 Å². The quantitative estimate of drug-likeness (QED) is 0.831. The van der Waals surface area contributed by atoms with E-state index >= 15 is 0 Å². The standard InChI is InChI=1S/C14H24N2O3/c1-9(2)12(11(17)7-10(3)8-15)16-13(18)19-14(4,5)6/h9-10,12H,7H2,1-6H3,(H,16,18)/t10-,12-/m0/s1. The summed E-state index contributed by atoms with van der Waals surface area (Å²) in [5, 5.41) is 11.3. The van der Waals surface area contributed by atoms with Gasteiger partial charge in [0.1, 0.15) is 5.60 Å². The summed E-state index contributed by atoms with van der Waals surface area (Å²) in [5.74, 6) is -0.546. The van der Waals surface area contributed by atoms with Crippen molar-refractivity contribution in [3.8, 4) is 6.07 Å². The number of nitrogens with zero attached hydrogens (tertiary/aromatic N) is 1. The molecule has 0 bridgehead atoms. The van der Waals surface area contributed by atoms with E-state index in [4.69, 9.17) is 10.00 Å². The van der Waals surface area contributed by atoms with E-state index in [1.807, 2.05) is 19.9 Å². The molecule has 1 N–H and O–H groups in total. The van der Waals surface area contributed by atoms with Crippen LogP contribution in [0.1, 0.15) is 48.0 Å². The number of hydrogen-bond acceptors (Lipinski definition) is 4. The fourth-order valence-electron chi connectivity index (χ4n) is 1.53. The van der Waals surface area contributed by atoms with Crippen LogP contribution in [0.4, 0.5) is 4.79 Å². The molecule has 1 amide bonds. The van der Waals surface area contributed by atoms with E-state index in [0.717, 1.165) is 0 Å². The second-order valence-electron chi connectivity index (χ2n) is 6.07. The molecule has 5 nitrogen and oxygen atoms in total. The molecule has 0 aromatic heterocycles. The van der Waals surface area contributed by atoms with Crippen molar-refractivity contribution in [3.63, 3.8) is 0 Å². The van der Waals surface area contributed by atoms with E-state index in [1.54, 1.807) is 27.7 Å². The summed E-state index contributed by atoms with van der Waals surface area (Å²) < 4.78 is 5.13. The number of ketones is 1. The largest absolute Gasteiger partial charge is 0.444 e. The van der Waals surface area contributed by atoms with Crippen molar-refractivity contribution in [2.45, 2.75) is 59.6 Å². The van der Waals surface area contributed by atoms with Crippen LogP contribution in [0.5, 0.6) is 0 Å². The SMILES string of the molecule is CC(C)[C@H](NC(=O)OC(C)(C)C)C(=O)C[C@H](C)C#N. The first kappa shape index (κ1) is 17.4. The van der Waals surface area contributed by atoms with Gasteiger partial charge in [-0.3, -0.25) is 4.79 Å². The Bertz CT molecular complexity index is 364. The molecule has 0 rings (SSSR count). The molecule has 0 spiro atoms. The molecule has 0 saturated heterocycles. The summed E-state index contributed by atoms with van der Waals surface area (Å²) in [7, 11) is 0. The molecule has 0 aromatic carbocycles. The number of ether oxygens (including phenoxy) is 1. The maximum atomic E-state index is 12.0. The third-order valence-electron chi connectivity index (χ3n) is 2.41. The third-order valence-corrected chi connectivity index (χ3v) is 2.41. The Balaban J connectivity index is 4.63. The first-order chi connectivity index (χ1) is 8.56. The minimum Gasteiger partial charge on any atom is -0.444 e. The molecule has 0 saturated carbocycles. The lowest BCUT2D eigenvalue weighted by Crippen LogP contribution is -2.46. The smallest absolute Gasteiger partial charge is 0.408 e. The topological polar surface area (TPSA) is 79.2 Å². The van der Waals surface area contributed by atoms with Gasteiger partial charge >= 0.3 is 6.09 Å². The number of amides is 1. The summed E-state index contributed by atoms with van der Waals surface area (Å²) in [6.07, 6.45) is -0.473. The van der Waals surface area contributed by atoms with E-state index in [1.165, 1.54) is 0 Å². The van der Waals surface area contributed by atoms with Gasteiger partial charge in [0.15, 0.2) is 5.78 Å². The molecule has 0 heterocycles. The summed E-state index contributed by atoms with van der Waals surface area (Å²) in [6, 6.07) is 1.40. The highest BCUT2D eigenvalue weighted by Gasteiger charge is 2.27. The second-order valence-corrected chi connectivity index (χ2v) is 6.07. The van der Waals surface area contributed by atoms with E-state index in [9.17, 15) is 9.59 Å². The van der Waals surface area contributed by atoms with Gasteiger partial charge in [-0.15, -0.1) is 0 Å². The Kier molecular flexibility index (Phi) is 6.54. The number of carbonyl (C=O) groups excluding carboxylic acids is 2. The van der Waals surface area contributed by atoms with Gasteiger partial charge in [-0.1, -0.05) is 13.8 Å². The summed E-state index contributed by atoms with van der Waals surface area (Å²) in [6.45, 7) is 10.7. The molecule has 0 aliphatic rings. The highest BCUT2D eigenvalue weighted by Crippen LogP contribution is 2.12. The van der Waals surface area contributed by atoms with Crippen LogP contribution in [0.25, 0.3) is 0 Å². The fourth-order valence-corrected chi connectivity index (χ4v) is 1.53. The number of Topliss-reactive ketones (excluding diaryl/α,β-unsaturated/α-hetero) is 1. The third kappa shape index (κ3) is 7.45. The second kappa shape index (κ2) is 7.13. The van der Waals surface area contributed by atoms with Crippen molar-refractivity contribution >= 4 is 11.9 Å². The Hall–Kier alpha value is -1.57. The van der Waals surface area contributed by atoms with Gasteiger partial charge in [-0.25, -0.2) is 4.79 Å². The first-order valence-corrected chi connectivity index (χ1v) is 6.48. The fraction of sp³-hybridized carbons (Fsp3) is 0.786. The number of rotatable bonds is 5. The molecule has 0 unspecified atom stereocenters. The summed E-state index contributed by atoms with van der Waals surface area (Å²) in [4.78, 5) is 23.7. The van der Waals surface area contributed by atoms with Crippen LogP contribution < -0.4 is 5.32 Å². The van der Waals surface area contributed by atoms with Crippen LogP contribution >= 0.6 is 0 Å². The van der Waals surface area contributed by atoms with Crippen molar-refractivity contribution in [3.05, 3.63) is 0 Å². The van der Waals surface area contributed by atoms with E-state index < -0.39 is 17.7 Å². The minimum atomic E-state index is -0.620. The zero-order chi connectivity index (χ0) is 15.2. The van der Waals surface area contributed by atoms with Crippen molar-refractivity contribution in [1.29, 1.82) is 5.26 Å². The molecule has 0 radical (unpaired) electrons. The maximum Gasteiger partial charge on any atom is 0.408 e. The van der Waals surface area contributed by atoms with E-state index in [-0.39, 0.29) is 24.0 Å². The normalized spacial score (nSPS) is 14.4.